The van der Waals surface area contributed by atoms with Gasteiger partial charge in [0.15, 0.2) is 0 Å². The molecule has 146 valence electrons. The van der Waals surface area contributed by atoms with Gasteiger partial charge < -0.3 is 20.1 Å². The Labute approximate surface area is 150 Å². The normalized spacial score (nSPS) is 16.8. The van der Waals surface area contributed by atoms with Crippen LogP contribution in [-0.4, -0.2) is 43.1 Å². The summed E-state index contributed by atoms with van der Waals surface area (Å²) in [6.45, 7) is -0.462. The van der Waals surface area contributed by atoms with Crippen LogP contribution in [0.3, 0.4) is 0 Å². The number of nitrogens with one attached hydrogen (secondary N) is 2. The van der Waals surface area contributed by atoms with Crippen molar-refractivity contribution >= 4 is 6.03 Å². The number of amides is 2. The van der Waals surface area contributed by atoms with Crippen LogP contribution < -0.4 is 15.4 Å². The third-order valence-electron chi connectivity index (χ3n) is 4.14. The van der Waals surface area contributed by atoms with Crippen LogP contribution in [0, 0.1) is 0 Å². The van der Waals surface area contributed by atoms with Crippen LogP contribution in [0.1, 0.15) is 37.7 Å². The van der Waals surface area contributed by atoms with E-state index in [1.807, 2.05) is 0 Å². The highest BCUT2D eigenvalue weighted by Crippen LogP contribution is 2.25. The monoisotopic (exact) mass is 375 g/mol. The van der Waals surface area contributed by atoms with Gasteiger partial charge in [-0.15, -0.1) is 0 Å². The molecule has 1 fully saturated rings. The molecule has 1 heterocycles. The standard InChI is InChI=1S/C17H24F3N3O3/c1-25-11-14(17(18,19)20)26-15-9-12(7-8-21-15)10-22-16(24)23-13-5-3-2-4-6-13/h7-9,13-14H,2-6,10-11H2,1H3,(H2,22,23,24)/t14-/m0/s1. The molecule has 26 heavy (non-hydrogen) atoms. The van der Waals surface area contributed by atoms with Crippen molar-refractivity contribution in [2.24, 2.45) is 0 Å². The zero-order valence-corrected chi connectivity index (χ0v) is 14.6. The molecule has 0 saturated heterocycles. The topological polar surface area (TPSA) is 72.5 Å². The molecule has 2 rings (SSSR count). The molecule has 1 saturated carbocycles. The van der Waals surface area contributed by atoms with E-state index >= 15 is 0 Å². The SMILES string of the molecule is COC[C@H](Oc1cc(CNC(=O)NC2CCCCC2)ccn1)C(F)(F)F. The number of carbonyl (C=O) groups is 1. The molecule has 0 bridgehead atoms. The lowest BCUT2D eigenvalue weighted by Gasteiger charge is -2.23. The molecule has 0 aromatic carbocycles. The van der Waals surface area contributed by atoms with Crippen LogP contribution >= 0.6 is 0 Å². The summed E-state index contributed by atoms with van der Waals surface area (Å²) in [6, 6.07) is 2.87. The average molecular weight is 375 g/mol. The molecule has 2 amide bonds. The van der Waals surface area contributed by atoms with E-state index in [0.717, 1.165) is 25.7 Å². The largest absolute Gasteiger partial charge is 0.462 e. The first-order valence-electron chi connectivity index (χ1n) is 8.60. The smallest absolute Gasteiger partial charge is 0.427 e. The van der Waals surface area contributed by atoms with E-state index in [2.05, 4.69) is 20.4 Å². The Morgan fingerprint density at radius 2 is 2.08 bits per heavy atom. The molecule has 1 aromatic rings. The van der Waals surface area contributed by atoms with Gasteiger partial charge in [0.25, 0.3) is 0 Å². The van der Waals surface area contributed by atoms with Crippen LogP contribution in [0.2, 0.25) is 0 Å². The van der Waals surface area contributed by atoms with E-state index in [9.17, 15) is 18.0 Å². The number of hydrogen-bond acceptors (Lipinski definition) is 4. The Morgan fingerprint density at radius 3 is 2.73 bits per heavy atom. The summed E-state index contributed by atoms with van der Waals surface area (Å²) in [6.07, 6.45) is 0.0324. The highest BCUT2D eigenvalue weighted by atomic mass is 19.4. The maximum absolute atomic E-state index is 12.9. The summed E-state index contributed by atoms with van der Waals surface area (Å²) in [5.41, 5.74) is 0.590. The van der Waals surface area contributed by atoms with Crippen molar-refractivity contribution in [2.45, 2.75) is 57.0 Å². The van der Waals surface area contributed by atoms with Crippen molar-refractivity contribution in [2.75, 3.05) is 13.7 Å². The minimum atomic E-state index is -4.56. The van der Waals surface area contributed by atoms with E-state index in [-0.39, 0.29) is 24.5 Å². The number of carbonyl (C=O) groups excluding carboxylic acids is 1. The molecular weight excluding hydrogens is 351 g/mol. The predicted octanol–water partition coefficient (Wildman–Crippen LogP) is 3.17. The van der Waals surface area contributed by atoms with Gasteiger partial charge in [0.05, 0.1) is 6.61 Å². The zero-order valence-electron chi connectivity index (χ0n) is 14.6. The summed E-state index contributed by atoms with van der Waals surface area (Å²) in [7, 11) is 1.17. The van der Waals surface area contributed by atoms with Crippen LogP contribution in [0.15, 0.2) is 18.3 Å². The van der Waals surface area contributed by atoms with Gasteiger partial charge in [0.1, 0.15) is 0 Å². The maximum Gasteiger partial charge on any atom is 0.427 e. The molecule has 0 unspecified atom stereocenters. The number of alkyl halides is 3. The average Bonchev–Trinajstić information content (AvgIpc) is 2.60. The first kappa shape index (κ1) is 20.3. The maximum atomic E-state index is 12.9. The third-order valence-corrected chi connectivity index (χ3v) is 4.14. The lowest BCUT2D eigenvalue weighted by molar-refractivity contribution is -0.207. The van der Waals surface area contributed by atoms with Crippen molar-refractivity contribution in [1.82, 2.24) is 15.6 Å². The van der Waals surface area contributed by atoms with E-state index < -0.39 is 18.9 Å². The number of hydrogen-bond donors (Lipinski definition) is 2. The second-order valence-corrected chi connectivity index (χ2v) is 6.27. The Balaban J connectivity index is 1.86. The summed E-state index contributed by atoms with van der Waals surface area (Å²) < 4.78 is 48.1. The van der Waals surface area contributed by atoms with Gasteiger partial charge >= 0.3 is 12.2 Å². The number of aromatic nitrogens is 1. The Bertz CT molecular complexity index is 578. The lowest BCUT2D eigenvalue weighted by Crippen LogP contribution is -2.42. The van der Waals surface area contributed by atoms with Gasteiger partial charge in [-0.05, 0) is 24.5 Å². The fourth-order valence-electron chi connectivity index (χ4n) is 2.78. The number of halogens is 3. The number of rotatable bonds is 7. The van der Waals surface area contributed by atoms with E-state index in [0.29, 0.717) is 5.56 Å². The first-order chi connectivity index (χ1) is 12.4. The number of nitrogens with zero attached hydrogens (tertiary/aromatic N) is 1. The van der Waals surface area contributed by atoms with E-state index in [4.69, 9.17) is 4.74 Å². The molecule has 1 atom stereocenters. The van der Waals surface area contributed by atoms with Gasteiger partial charge in [-0.25, -0.2) is 9.78 Å². The Hall–Kier alpha value is -2.03. The van der Waals surface area contributed by atoms with Crippen molar-refractivity contribution in [3.63, 3.8) is 0 Å². The summed E-state index contributed by atoms with van der Waals surface area (Å²) in [5, 5.41) is 5.61. The fourth-order valence-corrected chi connectivity index (χ4v) is 2.78. The van der Waals surface area contributed by atoms with Gasteiger partial charge in [-0.1, -0.05) is 19.3 Å². The number of pyridine rings is 1. The molecule has 6 nitrogen and oxygen atoms in total. The van der Waals surface area contributed by atoms with Crippen LogP contribution in [0.5, 0.6) is 5.88 Å². The molecule has 2 N–H and O–H groups in total. The number of ether oxygens (including phenoxy) is 2. The molecule has 0 spiro atoms. The van der Waals surface area contributed by atoms with Crippen LogP contribution in [-0.2, 0) is 11.3 Å². The lowest BCUT2D eigenvalue weighted by atomic mass is 9.96. The summed E-state index contributed by atoms with van der Waals surface area (Å²) in [5.74, 6) is -0.170. The van der Waals surface area contributed by atoms with Crippen molar-refractivity contribution in [3.05, 3.63) is 23.9 Å². The quantitative estimate of drug-likeness (QED) is 0.768. The summed E-state index contributed by atoms with van der Waals surface area (Å²) in [4.78, 5) is 15.7. The highest BCUT2D eigenvalue weighted by molar-refractivity contribution is 5.74. The second kappa shape index (κ2) is 9.61. The Morgan fingerprint density at radius 1 is 1.35 bits per heavy atom. The molecule has 9 heteroatoms. The Kier molecular flexibility index (Phi) is 7.50. The molecule has 0 aliphatic heterocycles. The van der Waals surface area contributed by atoms with Crippen molar-refractivity contribution in [3.8, 4) is 5.88 Å². The first-order valence-corrected chi connectivity index (χ1v) is 8.60. The zero-order chi connectivity index (χ0) is 19.0. The fraction of sp³-hybridized carbons (Fsp3) is 0.647. The number of methoxy groups -OCH3 is 1. The minimum absolute atomic E-state index is 0.165. The molecular formula is C17H24F3N3O3. The van der Waals surface area contributed by atoms with Gasteiger partial charge in [0, 0.05) is 32.0 Å². The molecule has 1 aromatic heterocycles. The third kappa shape index (κ3) is 6.70. The van der Waals surface area contributed by atoms with Gasteiger partial charge in [-0.2, -0.15) is 13.2 Å². The van der Waals surface area contributed by atoms with Crippen LogP contribution in [0.25, 0.3) is 0 Å². The molecule has 0 radical (unpaired) electrons. The van der Waals surface area contributed by atoms with Crippen LogP contribution in [0.4, 0.5) is 18.0 Å². The summed E-state index contributed by atoms with van der Waals surface area (Å²) >= 11 is 0. The second-order valence-electron chi connectivity index (χ2n) is 6.27. The molecule has 1 aliphatic carbocycles. The van der Waals surface area contributed by atoms with Gasteiger partial charge in [-0.3, -0.25) is 0 Å². The van der Waals surface area contributed by atoms with Gasteiger partial charge in [0.2, 0.25) is 12.0 Å². The van der Waals surface area contributed by atoms with E-state index in [1.165, 1.54) is 25.8 Å². The van der Waals surface area contributed by atoms with Crippen molar-refractivity contribution < 1.29 is 27.4 Å². The number of urea groups is 1. The molecule has 1 aliphatic rings. The van der Waals surface area contributed by atoms with E-state index in [1.54, 1.807) is 6.07 Å². The van der Waals surface area contributed by atoms with Crippen molar-refractivity contribution in [1.29, 1.82) is 0 Å². The predicted molar refractivity (Wildman–Crippen MR) is 88.8 cm³/mol. The minimum Gasteiger partial charge on any atom is -0.462 e. The highest BCUT2D eigenvalue weighted by Gasteiger charge is 2.42.